The number of alkyl halides is 3. The molecule has 0 fully saturated rings. The summed E-state index contributed by atoms with van der Waals surface area (Å²) in [6, 6.07) is -0.503. The third-order valence-electron chi connectivity index (χ3n) is 2.44. The van der Waals surface area contributed by atoms with Gasteiger partial charge in [-0.25, -0.2) is 4.68 Å². The molecule has 0 spiro atoms. The predicted molar refractivity (Wildman–Crippen MR) is 59.7 cm³/mol. The Kier molecular flexibility index (Phi) is 5.86. The van der Waals surface area contributed by atoms with Gasteiger partial charge in [0, 0.05) is 0 Å². The average Bonchev–Trinajstić information content (AvgIpc) is 2.74. The molecule has 0 bridgehead atoms. The zero-order valence-electron chi connectivity index (χ0n) is 10.8. The van der Waals surface area contributed by atoms with E-state index in [2.05, 4.69) is 20.3 Å². The van der Waals surface area contributed by atoms with Crippen LogP contribution in [0, 0.1) is 0 Å². The molecule has 0 aliphatic rings. The summed E-state index contributed by atoms with van der Waals surface area (Å²) in [7, 11) is 0. The molecule has 0 amide bonds. The van der Waals surface area contributed by atoms with E-state index in [1.807, 2.05) is 6.92 Å². The first-order chi connectivity index (χ1) is 9.33. The lowest BCUT2D eigenvalue weighted by Gasteiger charge is -2.15. The van der Waals surface area contributed by atoms with Crippen molar-refractivity contribution in [2.24, 2.45) is 0 Å². The van der Waals surface area contributed by atoms with Gasteiger partial charge in [0.15, 0.2) is 5.82 Å². The molecule has 1 aromatic rings. The van der Waals surface area contributed by atoms with Gasteiger partial charge in [0.1, 0.15) is 13.2 Å². The molecule has 1 N–H and O–H groups in total. The van der Waals surface area contributed by atoms with E-state index in [1.165, 1.54) is 4.68 Å². The van der Waals surface area contributed by atoms with Gasteiger partial charge in [-0.15, -0.1) is 5.10 Å². The number of carboxylic acids is 1. The number of tetrazole rings is 1. The standard InChI is InChI=1S/C10H15F3N4O3/c1-2-3-7(4-9(18)19)17-8(14-15-16-17)5-20-6-10(11,12)13/h7H,2-6H2,1H3,(H,18,19). The Balaban J connectivity index is 2.69. The van der Waals surface area contributed by atoms with Gasteiger partial charge in [0.2, 0.25) is 0 Å². The molecule has 0 saturated carbocycles. The number of carboxylic acid groups (broad SMARTS) is 1. The minimum absolute atomic E-state index is 0.0777. The predicted octanol–water partition coefficient (Wildman–Crippen LogP) is 1.57. The Morgan fingerprint density at radius 1 is 1.50 bits per heavy atom. The van der Waals surface area contributed by atoms with E-state index >= 15 is 0 Å². The van der Waals surface area contributed by atoms with Crippen LogP contribution in [-0.4, -0.2) is 44.1 Å². The van der Waals surface area contributed by atoms with Gasteiger partial charge in [-0.2, -0.15) is 13.2 Å². The van der Waals surface area contributed by atoms with Crippen LogP contribution in [-0.2, 0) is 16.1 Å². The largest absolute Gasteiger partial charge is 0.481 e. The van der Waals surface area contributed by atoms with E-state index < -0.39 is 31.4 Å². The third kappa shape index (κ3) is 5.51. The molecule has 1 atom stereocenters. The third-order valence-corrected chi connectivity index (χ3v) is 2.44. The second-order valence-corrected chi connectivity index (χ2v) is 4.19. The maximum absolute atomic E-state index is 12.0. The molecule has 0 aromatic carbocycles. The summed E-state index contributed by atoms with van der Waals surface area (Å²) in [6.07, 6.45) is -3.43. The van der Waals surface area contributed by atoms with Gasteiger partial charge in [0.05, 0.1) is 12.5 Å². The molecule has 10 heteroatoms. The Labute approximate surface area is 112 Å². The van der Waals surface area contributed by atoms with E-state index in [4.69, 9.17) is 5.11 Å². The first kappa shape index (κ1) is 16.3. The van der Waals surface area contributed by atoms with Crippen LogP contribution < -0.4 is 0 Å². The van der Waals surface area contributed by atoms with Crippen molar-refractivity contribution in [3.8, 4) is 0 Å². The summed E-state index contributed by atoms with van der Waals surface area (Å²) in [6.45, 7) is 0.0304. The first-order valence-corrected chi connectivity index (χ1v) is 5.96. The topological polar surface area (TPSA) is 90.1 Å². The van der Waals surface area contributed by atoms with E-state index in [0.717, 1.165) is 0 Å². The molecule has 1 aromatic heterocycles. The van der Waals surface area contributed by atoms with Crippen LogP contribution in [0.15, 0.2) is 0 Å². The maximum atomic E-state index is 12.0. The number of nitrogens with zero attached hydrogens (tertiary/aromatic N) is 4. The number of aromatic nitrogens is 4. The summed E-state index contributed by atoms with van der Waals surface area (Å²) in [5.41, 5.74) is 0. The van der Waals surface area contributed by atoms with Crippen molar-refractivity contribution in [3.63, 3.8) is 0 Å². The number of hydrogen-bond donors (Lipinski definition) is 1. The lowest BCUT2D eigenvalue weighted by molar-refractivity contribution is -0.177. The first-order valence-electron chi connectivity index (χ1n) is 5.96. The molecule has 20 heavy (non-hydrogen) atoms. The highest BCUT2D eigenvalue weighted by Crippen LogP contribution is 2.19. The number of halogens is 3. The van der Waals surface area contributed by atoms with E-state index in [-0.39, 0.29) is 12.2 Å². The van der Waals surface area contributed by atoms with E-state index in [0.29, 0.717) is 12.8 Å². The molecule has 0 aliphatic heterocycles. The fourth-order valence-electron chi connectivity index (χ4n) is 1.69. The van der Waals surface area contributed by atoms with Crippen molar-refractivity contribution in [1.82, 2.24) is 20.2 Å². The highest BCUT2D eigenvalue weighted by atomic mass is 19.4. The summed E-state index contributed by atoms with van der Waals surface area (Å²) < 4.78 is 41.6. The SMILES string of the molecule is CCCC(CC(=O)O)n1nnnc1COCC(F)(F)F. The molecule has 0 saturated heterocycles. The average molecular weight is 296 g/mol. The van der Waals surface area contributed by atoms with E-state index in [9.17, 15) is 18.0 Å². The molecule has 0 aliphatic carbocycles. The molecular formula is C10H15F3N4O3. The summed E-state index contributed by atoms with van der Waals surface area (Å²) in [5, 5.41) is 19.4. The fraction of sp³-hybridized carbons (Fsp3) is 0.800. The van der Waals surface area contributed by atoms with Crippen molar-refractivity contribution in [2.75, 3.05) is 6.61 Å². The second-order valence-electron chi connectivity index (χ2n) is 4.19. The van der Waals surface area contributed by atoms with Crippen molar-refractivity contribution in [3.05, 3.63) is 5.82 Å². The zero-order valence-corrected chi connectivity index (χ0v) is 10.8. The normalized spacial score (nSPS) is 13.4. The van der Waals surface area contributed by atoms with Gasteiger partial charge in [-0.1, -0.05) is 13.3 Å². The summed E-state index contributed by atoms with van der Waals surface area (Å²) in [4.78, 5) is 10.8. The Morgan fingerprint density at radius 2 is 2.20 bits per heavy atom. The summed E-state index contributed by atoms with van der Waals surface area (Å²) >= 11 is 0. The minimum Gasteiger partial charge on any atom is -0.481 e. The van der Waals surface area contributed by atoms with E-state index in [1.54, 1.807) is 0 Å². The summed E-state index contributed by atoms with van der Waals surface area (Å²) in [5.74, 6) is -0.949. The Hall–Kier alpha value is -1.71. The van der Waals surface area contributed by atoms with Gasteiger partial charge in [-0.3, -0.25) is 4.79 Å². The van der Waals surface area contributed by atoms with Crippen molar-refractivity contribution < 1.29 is 27.8 Å². The monoisotopic (exact) mass is 296 g/mol. The van der Waals surface area contributed by atoms with Crippen molar-refractivity contribution in [1.29, 1.82) is 0 Å². The number of hydrogen-bond acceptors (Lipinski definition) is 5. The van der Waals surface area contributed by atoms with Crippen molar-refractivity contribution in [2.45, 2.75) is 45.0 Å². The molecule has 0 radical (unpaired) electrons. The quantitative estimate of drug-likeness (QED) is 0.783. The molecular weight excluding hydrogens is 281 g/mol. The highest BCUT2D eigenvalue weighted by Gasteiger charge is 2.28. The smallest absolute Gasteiger partial charge is 0.411 e. The van der Waals surface area contributed by atoms with Crippen LogP contribution in [0.4, 0.5) is 13.2 Å². The van der Waals surface area contributed by atoms with Crippen LogP contribution in [0.5, 0.6) is 0 Å². The zero-order chi connectivity index (χ0) is 15.2. The van der Waals surface area contributed by atoms with Crippen LogP contribution >= 0.6 is 0 Å². The number of carbonyl (C=O) groups is 1. The number of aliphatic carboxylic acids is 1. The van der Waals surface area contributed by atoms with Crippen LogP contribution in [0.25, 0.3) is 0 Å². The highest BCUT2D eigenvalue weighted by molar-refractivity contribution is 5.67. The van der Waals surface area contributed by atoms with Gasteiger partial charge >= 0.3 is 12.1 Å². The number of ether oxygens (including phenoxy) is 1. The van der Waals surface area contributed by atoms with Crippen molar-refractivity contribution >= 4 is 5.97 Å². The maximum Gasteiger partial charge on any atom is 0.411 e. The molecule has 114 valence electrons. The molecule has 1 rings (SSSR count). The lowest BCUT2D eigenvalue weighted by Crippen LogP contribution is -2.20. The lowest BCUT2D eigenvalue weighted by atomic mass is 10.1. The fourth-order valence-corrected chi connectivity index (χ4v) is 1.69. The second kappa shape index (κ2) is 7.17. The van der Waals surface area contributed by atoms with Gasteiger partial charge < -0.3 is 9.84 Å². The van der Waals surface area contributed by atoms with Crippen LogP contribution in [0.3, 0.4) is 0 Å². The van der Waals surface area contributed by atoms with Gasteiger partial charge in [-0.05, 0) is 16.8 Å². The van der Waals surface area contributed by atoms with Crippen LogP contribution in [0.2, 0.25) is 0 Å². The van der Waals surface area contributed by atoms with Gasteiger partial charge in [0.25, 0.3) is 0 Å². The minimum atomic E-state index is -4.43. The number of rotatable bonds is 8. The molecule has 1 unspecified atom stereocenters. The Morgan fingerprint density at radius 3 is 2.75 bits per heavy atom. The Bertz CT molecular complexity index is 436. The van der Waals surface area contributed by atoms with Crippen LogP contribution in [0.1, 0.15) is 38.1 Å². The molecule has 7 nitrogen and oxygen atoms in total. The molecule has 1 heterocycles.